The molecule has 0 aliphatic heterocycles. The fourth-order valence-electron chi connectivity index (χ4n) is 3.20. The lowest BCUT2D eigenvalue weighted by molar-refractivity contribution is 0.249. The van der Waals surface area contributed by atoms with Gasteiger partial charge in [0.25, 0.3) is 0 Å². The van der Waals surface area contributed by atoms with Crippen molar-refractivity contribution in [2.24, 2.45) is 5.14 Å². The zero-order chi connectivity index (χ0) is 18.7. The largest absolute Gasteiger partial charge is 0.331 e. The van der Waals surface area contributed by atoms with E-state index in [2.05, 4.69) is 28.8 Å². The van der Waals surface area contributed by atoms with Crippen LogP contribution in [-0.4, -0.2) is 14.4 Å². The lowest BCUT2D eigenvalue weighted by Gasteiger charge is -2.20. The summed E-state index contributed by atoms with van der Waals surface area (Å²) in [6, 6.07) is 11.6. The average Bonchev–Trinajstić information content (AvgIpc) is 2.61. The van der Waals surface area contributed by atoms with E-state index < -0.39 is 10.0 Å². The highest BCUT2D eigenvalue weighted by molar-refractivity contribution is 7.89. The Bertz CT molecular complexity index is 908. The van der Waals surface area contributed by atoms with E-state index in [1.54, 1.807) is 0 Å². The molecule has 0 bridgehead atoms. The first-order valence-corrected chi connectivity index (χ1v) is 10.2. The molecule has 138 valence electrons. The van der Waals surface area contributed by atoms with Gasteiger partial charge in [-0.15, -0.1) is 0 Å². The van der Waals surface area contributed by atoms with Crippen LogP contribution < -0.4 is 15.8 Å². The molecule has 0 fully saturated rings. The lowest BCUT2D eigenvalue weighted by Crippen LogP contribution is -2.31. The van der Waals surface area contributed by atoms with Crippen molar-refractivity contribution in [2.75, 3.05) is 5.32 Å². The van der Waals surface area contributed by atoms with Crippen molar-refractivity contribution in [1.82, 2.24) is 5.32 Å². The van der Waals surface area contributed by atoms with Crippen molar-refractivity contribution in [3.8, 4) is 0 Å². The summed E-state index contributed by atoms with van der Waals surface area (Å²) in [5.41, 5.74) is 4.35. The van der Waals surface area contributed by atoms with Gasteiger partial charge in [0.2, 0.25) is 10.0 Å². The fraction of sp³-hybridized carbons (Fsp3) is 0.316. The Labute approximate surface area is 153 Å². The third-order valence-corrected chi connectivity index (χ3v) is 5.59. The molecule has 2 amide bonds. The van der Waals surface area contributed by atoms with Gasteiger partial charge in [-0.05, 0) is 73.6 Å². The number of fused-ring (bicyclic) bond motifs is 1. The second-order valence-corrected chi connectivity index (χ2v) is 8.19. The number of primary sulfonamides is 1. The molecule has 0 saturated carbocycles. The number of benzene rings is 2. The third-order valence-electron chi connectivity index (χ3n) is 4.66. The Kier molecular flexibility index (Phi) is 5.29. The van der Waals surface area contributed by atoms with Crippen LogP contribution in [0.2, 0.25) is 0 Å². The molecule has 1 aliphatic carbocycles. The van der Waals surface area contributed by atoms with Crippen LogP contribution in [0.5, 0.6) is 0 Å². The average molecular weight is 373 g/mol. The molecule has 6 nitrogen and oxygen atoms in total. The number of amides is 2. The quantitative estimate of drug-likeness (QED) is 0.767. The molecule has 26 heavy (non-hydrogen) atoms. The molecule has 0 spiro atoms. The Morgan fingerprint density at radius 3 is 2.35 bits per heavy atom. The lowest BCUT2D eigenvalue weighted by atomic mass is 9.89. The maximum atomic E-state index is 12.2. The number of nitrogens with one attached hydrogen (secondary N) is 2. The minimum absolute atomic E-state index is 0.00545. The number of hydrogen-bond acceptors (Lipinski definition) is 3. The molecule has 3 rings (SSSR count). The number of hydrogen-bond donors (Lipinski definition) is 3. The molecular formula is C19H23N3O3S. The van der Waals surface area contributed by atoms with Gasteiger partial charge in [-0.25, -0.2) is 18.4 Å². The highest BCUT2D eigenvalue weighted by Crippen LogP contribution is 2.24. The van der Waals surface area contributed by atoms with E-state index in [1.165, 1.54) is 48.2 Å². The number of carbonyl (C=O) groups excluding carboxylic acids is 1. The SMILES string of the molecule is C[C@H](NC(=O)Nc1ccc(S(N)(=O)=O)cc1)c1ccc2c(c1)CCCC2. The number of rotatable bonds is 4. The van der Waals surface area contributed by atoms with Crippen LogP contribution in [0.25, 0.3) is 0 Å². The first-order chi connectivity index (χ1) is 12.3. The molecule has 0 aromatic heterocycles. The second kappa shape index (κ2) is 7.47. The summed E-state index contributed by atoms with van der Waals surface area (Å²) in [4.78, 5) is 12.2. The van der Waals surface area contributed by atoms with E-state index >= 15 is 0 Å². The normalized spacial score (nSPS) is 15.0. The number of sulfonamides is 1. The number of anilines is 1. The van der Waals surface area contributed by atoms with Gasteiger partial charge in [0.05, 0.1) is 10.9 Å². The summed E-state index contributed by atoms with van der Waals surface area (Å²) < 4.78 is 22.5. The minimum atomic E-state index is -3.74. The maximum absolute atomic E-state index is 12.2. The molecule has 0 radical (unpaired) electrons. The Morgan fingerprint density at radius 1 is 1.04 bits per heavy atom. The highest BCUT2D eigenvalue weighted by atomic mass is 32.2. The first kappa shape index (κ1) is 18.4. The monoisotopic (exact) mass is 373 g/mol. The zero-order valence-corrected chi connectivity index (χ0v) is 15.5. The van der Waals surface area contributed by atoms with Crippen LogP contribution in [-0.2, 0) is 22.9 Å². The van der Waals surface area contributed by atoms with Gasteiger partial charge in [-0.3, -0.25) is 0 Å². The number of nitrogens with two attached hydrogens (primary N) is 1. The van der Waals surface area contributed by atoms with E-state index in [4.69, 9.17) is 5.14 Å². The highest BCUT2D eigenvalue weighted by Gasteiger charge is 2.14. The number of aryl methyl sites for hydroxylation is 2. The molecule has 0 unspecified atom stereocenters. The van der Waals surface area contributed by atoms with Crippen LogP contribution in [0, 0.1) is 0 Å². The van der Waals surface area contributed by atoms with E-state index in [9.17, 15) is 13.2 Å². The maximum Gasteiger partial charge on any atom is 0.319 e. The third kappa shape index (κ3) is 4.42. The van der Waals surface area contributed by atoms with E-state index in [0.717, 1.165) is 18.4 Å². The van der Waals surface area contributed by atoms with Crippen LogP contribution in [0.4, 0.5) is 10.5 Å². The van der Waals surface area contributed by atoms with Gasteiger partial charge >= 0.3 is 6.03 Å². The summed E-state index contributed by atoms with van der Waals surface area (Å²) in [5, 5.41) is 10.7. The summed E-state index contributed by atoms with van der Waals surface area (Å²) in [5.74, 6) is 0. The predicted molar refractivity (Wildman–Crippen MR) is 101 cm³/mol. The molecular weight excluding hydrogens is 350 g/mol. The van der Waals surface area contributed by atoms with Gasteiger partial charge < -0.3 is 10.6 Å². The molecule has 0 heterocycles. The summed E-state index contributed by atoms with van der Waals surface area (Å²) in [7, 11) is -3.74. The first-order valence-electron chi connectivity index (χ1n) is 8.65. The summed E-state index contributed by atoms with van der Waals surface area (Å²) >= 11 is 0. The fourth-order valence-corrected chi connectivity index (χ4v) is 3.71. The Balaban J connectivity index is 1.62. The van der Waals surface area contributed by atoms with Crippen LogP contribution in [0.3, 0.4) is 0 Å². The van der Waals surface area contributed by atoms with Crippen molar-refractivity contribution in [1.29, 1.82) is 0 Å². The van der Waals surface area contributed by atoms with E-state index in [1.807, 2.05) is 6.92 Å². The minimum Gasteiger partial charge on any atom is -0.331 e. The number of carbonyl (C=O) groups is 1. The topological polar surface area (TPSA) is 101 Å². The molecule has 0 saturated heterocycles. The van der Waals surface area contributed by atoms with Crippen LogP contribution >= 0.6 is 0 Å². The van der Waals surface area contributed by atoms with Crippen molar-refractivity contribution < 1.29 is 13.2 Å². The van der Waals surface area contributed by atoms with Crippen molar-refractivity contribution >= 4 is 21.7 Å². The van der Waals surface area contributed by atoms with E-state index in [-0.39, 0.29) is 17.0 Å². The van der Waals surface area contributed by atoms with Crippen LogP contribution in [0.15, 0.2) is 47.4 Å². The summed E-state index contributed by atoms with van der Waals surface area (Å²) in [6.07, 6.45) is 4.69. The van der Waals surface area contributed by atoms with Gasteiger partial charge in [0.15, 0.2) is 0 Å². The molecule has 4 N–H and O–H groups in total. The number of urea groups is 1. The van der Waals surface area contributed by atoms with E-state index in [0.29, 0.717) is 5.69 Å². The molecule has 1 atom stereocenters. The molecule has 7 heteroatoms. The Hall–Kier alpha value is -2.38. The van der Waals surface area contributed by atoms with Gasteiger partial charge in [-0.1, -0.05) is 18.2 Å². The van der Waals surface area contributed by atoms with Gasteiger partial charge in [0.1, 0.15) is 0 Å². The van der Waals surface area contributed by atoms with Crippen molar-refractivity contribution in [2.45, 2.75) is 43.5 Å². The Morgan fingerprint density at radius 2 is 1.69 bits per heavy atom. The molecule has 2 aromatic rings. The van der Waals surface area contributed by atoms with Gasteiger partial charge in [-0.2, -0.15) is 0 Å². The smallest absolute Gasteiger partial charge is 0.319 e. The molecule has 1 aliphatic rings. The van der Waals surface area contributed by atoms with Crippen LogP contribution in [0.1, 0.15) is 42.5 Å². The predicted octanol–water partition coefficient (Wildman–Crippen LogP) is 3.10. The standard InChI is InChI=1S/C19H23N3O3S/c1-13(15-7-6-14-4-2-3-5-16(14)12-15)21-19(23)22-17-8-10-18(11-9-17)26(20,24)25/h6-13H,2-5H2,1H3,(H2,20,24,25)(H2,21,22,23)/t13-/m0/s1. The molecule has 2 aromatic carbocycles. The summed E-state index contributed by atoms with van der Waals surface area (Å²) in [6.45, 7) is 1.94. The van der Waals surface area contributed by atoms with Gasteiger partial charge in [0, 0.05) is 5.69 Å². The zero-order valence-electron chi connectivity index (χ0n) is 14.7. The second-order valence-electron chi connectivity index (χ2n) is 6.62. The van der Waals surface area contributed by atoms with Crippen molar-refractivity contribution in [3.63, 3.8) is 0 Å². The van der Waals surface area contributed by atoms with Crippen molar-refractivity contribution in [3.05, 3.63) is 59.2 Å².